The highest BCUT2D eigenvalue weighted by molar-refractivity contribution is 5.73. The number of hydrogen-bond acceptors (Lipinski definition) is 10. The van der Waals surface area contributed by atoms with Gasteiger partial charge in [0, 0.05) is 28.3 Å². The molecule has 0 bridgehead atoms. The second-order valence-electron chi connectivity index (χ2n) is 31.1. The largest absolute Gasteiger partial charge is 0.469 e. The number of carbonyl (C=O) groups is 2. The van der Waals surface area contributed by atoms with E-state index in [4.69, 9.17) is 20.9 Å². The van der Waals surface area contributed by atoms with Crippen LogP contribution in [-0.2, 0) is 30.9 Å². The van der Waals surface area contributed by atoms with Crippen LogP contribution in [0.2, 0.25) is 0 Å². The van der Waals surface area contributed by atoms with Crippen LogP contribution in [0.1, 0.15) is 222 Å². The number of carbonyl (C=O) groups excluding carboxylic acids is 2. The summed E-state index contributed by atoms with van der Waals surface area (Å²) in [6, 6.07) is 51.1. The number of nitrogens with two attached hydrogens (primary N) is 2. The molecular weight excluding hydrogens is 1200 g/mol. The van der Waals surface area contributed by atoms with Crippen LogP contribution >= 0.6 is 0 Å². The number of rotatable bonds is 18. The van der Waals surface area contributed by atoms with Crippen molar-refractivity contribution in [3.8, 4) is 0 Å². The van der Waals surface area contributed by atoms with Crippen molar-refractivity contribution < 1.29 is 46.1 Å². The van der Waals surface area contributed by atoms with Gasteiger partial charge in [-0.15, -0.1) is 0 Å². The molecule has 0 aliphatic heterocycles. The Hall–Kier alpha value is -5.36. The number of aliphatic hydroxyl groups is 1. The average Bonchev–Trinajstić information content (AvgIpc) is 1.12. The van der Waals surface area contributed by atoms with Crippen LogP contribution in [0.4, 0.5) is 0 Å². The molecule has 2 saturated carbocycles. The van der Waals surface area contributed by atoms with E-state index in [0.29, 0.717) is 59.2 Å². The molecule has 22 N–H and O–H groups in total. The minimum absolute atomic E-state index is 0. The van der Waals surface area contributed by atoms with Gasteiger partial charge in [-0.25, -0.2) is 0 Å². The molecule has 14 heteroatoms. The van der Waals surface area contributed by atoms with Gasteiger partial charge in [-0.05, 0) is 190 Å². The second-order valence-corrected chi connectivity index (χ2v) is 31.1. The molecule has 3 aliphatic rings. The highest BCUT2D eigenvalue weighted by atomic mass is 16.5. The summed E-state index contributed by atoms with van der Waals surface area (Å²) in [6.07, 6.45) is 5.37. The summed E-state index contributed by atoms with van der Waals surface area (Å²) in [5.74, 6) is 9.57. The molecule has 0 spiro atoms. The van der Waals surface area contributed by atoms with Crippen LogP contribution in [0, 0.1) is 88.8 Å². The fourth-order valence-electron chi connectivity index (χ4n) is 16.4. The van der Waals surface area contributed by atoms with Gasteiger partial charge in [-0.1, -0.05) is 249 Å². The van der Waals surface area contributed by atoms with E-state index in [-0.39, 0.29) is 86.9 Å². The summed E-state index contributed by atoms with van der Waals surface area (Å²) in [5, 5.41) is 10.9. The van der Waals surface area contributed by atoms with E-state index in [0.717, 1.165) is 60.5 Å². The third-order valence-corrected chi connectivity index (χ3v) is 21.2. The minimum Gasteiger partial charge on any atom is -0.469 e. The van der Waals surface area contributed by atoms with Crippen LogP contribution < -0.4 is 29.9 Å². The van der Waals surface area contributed by atoms with Gasteiger partial charge in [0.05, 0.1) is 31.7 Å². The van der Waals surface area contributed by atoms with Gasteiger partial charge in [-0.2, -0.15) is 0 Å². The SMILES string of the molecule is CC(C)(N)[C@@H](c1ccccc1)[C@@H](c1ccccc1)C(C)(C)O.CC(C)C(c1ccccc1)(c1ccccc1)[C@H](C)C(C)(C)N.CC(C)[C@H]1c2ccccc2C[C@H]1C(C)C.COC(=O)C1C[C@H](C(C)C)[C@@H](C(C)C)C1.COC(=O)C1C[C@H](C(C)C)[C@H](C(C)C)C1.N.N.N.O.O.O.O. The zero-order valence-corrected chi connectivity index (χ0v) is 64.1. The van der Waals surface area contributed by atoms with Crippen molar-refractivity contribution in [2.45, 2.75) is 217 Å². The Morgan fingerprint density at radius 2 is 0.708 bits per heavy atom. The number of benzene rings is 5. The van der Waals surface area contributed by atoms with E-state index in [1.165, 1.54) is 31.8 Å². The predicted molar refractivity (Wildman–Crippen MR) is 407 cm³/mol. The monoisotopic (exact) mass is 1340 g/mol. The van der Waals surface area contributed by atoms with Gasteiger partial charge in [0.15, 0.2) is 0 Å². The van der Waals surface area contributed by atoms with Crippen LogP contribution in [0.3, 0.4) is 0 Å². The maximum absolute atomic E-state index is 11.5. The molecule has 3 aliphatic carbocycles. The lowest BCUT2D eigenvalue weighted by Gasteiger charge is -2.49. The smallest absolute Gasteiger partial charge is 0.308 e. The van der Waals surface area contributed by atoms with Crippen LogP contribution in [0.15, 0.2) is 146 Å². The summed E-state index contributed by atoms with van der Waals surface area (Å²) >= 11 is 0. The van der Waals surface area contributed by atoms with Crippen LogP contribution in [0.5, 0.6) is 0 Å². The van der Waals surface area contributed by atoms with Crippen LogP contribution in [-0.4, -0.2) is 69.8 Å². The van der Waals surface area contributed by atoms with Crippen molar-refractivity contribution in [2.75, 3.05) is 14.2 Å². The zero-order valence-electron chi connectivity index (χ0n) is 64.1. The maximum Gasteiger partial charge on any atom is 0.308 e. The van der Waals surface area contributed by atoms with Crippen LogP contribution in [0.25, 0.3) is 0 Å². The van der Waals surface area contributed by atoms with Crippen molar-refractivity contribution in [1.82, 2.24) is 18.5 Å². The summed E-state index contributed by atoms with van der Waals surface area (Å²) in [7, 11) is 2.99. The molecule has 14 nitrogen and oxygen atoms in total. The number of methoxy groups -OCH3 is 2. The molecule has 0 radical (unpaired) electrons. The fourth-order valence-corrected chi connectivity index (χ4v) is 16.4. The molecule has 0 aromatic heterocycles. The van der Waals surface area contributed by atoms with Crippen molar-refractivity contribution in [2.24, 2.45) is 100 Å². The number of ether oxygens (including phenoxy) is 2. The second kappa shape index (κ2) is 43.2. The third-order valence-electron chi connectivity index (χ3n) is 21.2. The highest BCUT2D eigenvalue weighted by Gasteiger charge is 2.48. The molecule has 5 aromatic rings. The van der Waals surface area contributed by atoms with Gasteiger partial charge in [0.25, 0.3) is 0 Å². The molecule has 0 amide bonds. The van der Waals surface area contributed by atoms with Crippen molar-refractivity contribution in [1.29, 1.82) is 0 Å². The molecule has 96 heavy (non-hydrogen) atoms. The Kier molecular flexibility index (Phi) is 43.7. The Morgan fingerprint density at radius 1 is 0.417 bits per heavy atom. The fraction of sp³-hybridized carbons (Fsp3) is 0.610. The van der Waals surface area contributed by atoms with E-state index in [1.807, 2.05) is 64.1 Å². The van der Waals surface area contributed by atoms with Gasteiger partial charge < -0.3 is 66.4 Å². The number of hydrogen-bond donors (Lipinski definition) is 6. The molecule has 550 valence electrons. The Labute approximate surface area is 584 Å². The van der Waals surface area contributed by atoms with Gasteiger partial charge in [0.1, 0.15) is 0 Å². The molecule has 2 fully saturated rings. The summed E-state index contributed by atoms with van der Waals surface area (Å²) in [6.45, 7) is 46.6. The van der Waals surface area contributed by atoms with E-state index >= 15 is 0 Å². The van der Waals surface area contributed by atoms with E-state index in [1.54, 1.807) is 11.1 Å². The van der Waals surface area contributed by atoms with Gasteiger partial charge in [0.2, 0.25) is 0 Å². The summed E-state index contributed by atoms with van der Waals surface area (Å²) in [4.78, 5) is 23.1. The quantitative estimate of drug-likeness (QED) is 0.0450. The topological polar surface area (TPSA) is 356 Å². The average molecular weight is 1340 g/mol. The van der Waals surface area contributed by atoms with Gasteiger partial charge >= 0.3 is 11.9 Å². The van der Waals surface area contributed by atoms with Gasteiger partial charge in [-0.3, -0.25) is 9.59 Å². The first-order valence-electron chi connectivity index (χ1n) is 34.3. The third kappa shape index (κ3) is 25.4. The number of esters is 2. The van der Waals surface area contributed by atoms with Crippen molar-refractivity contribution in [3.63, 3.8) is 0 Å². The lowest BCUT2D eigenvalue weighted by molar-refractivity contribution is -0.146. The lowest BCUT2D eigenvalue weighted by Crippen LogP contribution is -2.53. The minimum atomic E-state index is -0.876. The highest BCUT2D eigenvalue weighted by Crippen LogP contribution is 2.51. The Morgan fingerprint density at radius 3 is 0.969 bits per heavy atom. The predicted octanol–water partition coefficient (Wildman–Crippen LogP) is 16.7. The molecule has 0 heterocycles. The van der Waals surface area contributed by atoms with Crippen molar-refractivity contribution in [3.05, 3.63) is 179 Å². The van der Waals surface area contributed by atoms with Crippen molar-refractivity contribution >= 4 is 11.9 Å². The molecule has 0 saturated heterocycles. The first-order valence-corrected chi connectivity index (χ1v) is 34.3. The van der Waals surface area contributed by atoms with E-state index in [2.05, 4.69) is 227 Å². The summed E-state index contributed by atoms with van der Waals surface area (Å²) in [5.41, 5.74) is 19.6. The first-order chi connectivity index (χ1) is 41.6. The number of fused-ring (bicyclic) bond motifs is 1. The molecule has 5 aromatic carbocycles. The molecule has 8 rings (SSSR count). The maximum atomic E-state index is 11.5. The first kappa shape index (κ1) is 97.0. The molecular formula is C82H143N5O9. The normalized spacial score (nSPS) is 19.9. The zero-order chi connectivity index (χ0) is 66.9. The Balaban J connectivity index is -0.000000547. The molecule has 1 unspecified atom stereocenters. The lowest BCUT2D eigenvalue weighted by atomic mass is 9.56. The standard InChI is InChI=1S/C21H29N.C20H27NO.C15H22.2C13H24O2.3H3N.4H2O/c1-16(2)21(17(3)20(4,5)22,18-12-8-6-9-13-18)19-14-10-7-11-15-19;1-19(2,21)17(15-11-7-5-8-12-15)18(20(3,4)22)16-13-9-6-10-14-16;1-10(2)14-9-12-7-5-6-8-13(12)15(14)11(3)4;2*1-8(2)11-6-10(13(14)15-5)7-12(11)9(3)4;;;;;;;/h6-17H,22H2,1-5H3;5-14,17-18,22H,21H2,1-4H3;5-8,10-11,14-15H,9H2,1-4H3;2*8-12H,6-7H2,1-5H3;3*1H3;4*1H2/t17-;17-,18+;14-,15-;11-,12-;10?,11-,12+;;;;;;;/m1001......../s1. The Bertz CT molecular complexity index is 2660. The van der Waals surface area contributed by atoms with E-state index in [9.17, 15) is 14.7 Å². The van der Waals surface area contributed by atoms with E-state index < -0.39 is 11.1 Å². The summed E-state index contributed by atoms with van der Waals surface area (Å²) < 4.78 is 9.70. The molecule has 10 atom stereocenters.